The molecule has 0 heterocycles. The van der Waals surface area contributed by atoms with Gasteiger partial charge in [-0.2, -0.15) is 0 Å². The molecular weight excluding hydrogens is 83.0 g/mol. The third kappa shape index (κ3) is 2.06. The summed E-state index contributed by atoms with van der Waals surface area (Å²) in [5.74, 6) is 0.329. The molecular formula is C5H7LiO. The molecule has 0 spiro atoms. The molecule has 7 heavy (non-hydrogen) atoms. The topological polar surface area (TPSA) is 23.1 Å². The van der Waals surface area contributed by atoms with Gasteiger partial charge in [-0.1, -0.05) is 6.08 Å². The van der Waals surface area contributed by atoms with Crippen molar-refractivity contribution in [3.63, 3.8) is 0 Å². The molecule has 0 aromatic carbocycles. The molecule has 0 aromatic rings. The predicted molar refractivity (Wildman–Crippen MR) is 21.9 cm³/mol. The van der Waals surface area contributed by atoms with Crippen LogP contribution in [0.25, 0.3) is 0 Å². The van der Waals surface area contributed by atoms with Gasteiger partial charge in [0.05, 0.1) is 0 Å². The normalized spacial score (nSPS) is 18.0. The fraction of sp³-hybridized carbons (Fsp3) is 0.600. The molecule has 0 amide bonds. The molecule has 1 aliphatic rings. The van der Waals surface area contributed by atoms with Crippen LogP contribution in [0.1, 0.15) is 19.3 Å². The van der Waals surface area contributed by atoms with E-state index in [1.165, 1.54) is 0 Å². The van der Waals surface area contributed by atoms with Crippen LogP contribution in [0, 0.1) is 0 Å². The summed E-state index contributed by atoms with van der Waals surface area (Å²) in [6, 6.07) is 0. The second-order valence-electron chi connectivity index (χ2n) is 1.56. The van der Waals surface area contributed by atoms with Gasteiger partial charge in [0.1, 0.15) is 0 Å². The Kier molecular flexibility index (Phi) is 3.24. The summed E-state index contributed by atoms with van der Waals surface area (Å²) in [5.41, 5.74) is 0. The first-order valence-electron chi connectivity index (χ1n) is 2.25. The van der Waals surface area contributed by atoms with Gasteiger partial charge in [-0.3, -0.25) is 0 Å². The monoisotopic (exact) mass is 90.1 g/mol. The molecule has 34 valence electrons. The van der Waals surface area contributed by atoms with E-state index in [0.717, 1.165) is 19.3 Å². The van der Waals surface area contributed by atoms with E-state index in [1.807, 2.05) is 0 Å². The molecule has 0 aliphatic heterocycles. The molecule has 0 saturated carbocycles. The quantitative estimate of drug-likeness (QED) is 0.299. The maximum absolute atomic E-state index is 10.2. The van der Waals surface area contributed by atoms with Gasteiger partial charge in [0.15, 0.2) is 0 Å². The summed E-state index contributed by atoms with van der Waals surface area (Å²) < 4.78 is 0. The van der Waals surface area contributed by atoms with Crippen LogP contribution in [0.3, 0.4) is 0 Å². The Hall–Kier alpha value is 0.137. The van der Waals surface area contributed by atoms with E-state index in [9.17, 15) is 5.11 Å². The number of rotatable bonds is 0. The Bertz CT molecular complexity index is 78.1. The van der Waals surface area contributed by atoms with Crippen molar-refractivity contribution in [2.24, 2.45) is 0 Å². The van der Waals surface area contributed by atoms with Gasteiger partial charge in [-0.15, -0.1) is 5.76 Å². The summed E-state index contributed by atoms with van der Waals surface area (Å²) in [6.07, 6.45) is 4.65. The Morgan fingerprint density at radius 3 is 2.43 bits per heavy atom. The molecule has 0 bridgehead atoms. The van der Waals surface area contributed by atoms with Crippen molar-refractivity contribution in [3.8, 4) is 0 Å². The van der Waals surface area contributed by atoms with Crippen molar-refractivity contribution in [1.82, 2.24) is 0 Å². The average Bonchev–Trinajstić information content (AvgIpc) is 1.86. The summed E-state index contributed by atoms with van der Waals surface area (Å²) in [5, 5.41) is 10.2. The molecule has 0 fully saturated rings. The van der Waals surface area contributed by atoms with Crippen LogP contribution >= 0.6 is 0 Å². The molecule has 1 rings (SSSR count). The fourth-order valence-electron chi connectivity index (χ4n) is 0.641. The first-order chi connectivity index (χ1) is 2.89. The third-order valence-corrected chi connectivity index (χ3v) is 0.999. The largest absolute Gasteiger partial charge is 1.00 e. The molecule has 0 N–H and O–H groups in total. The Morgan fingerprint density at radius 1 is 1.57 bits per heavy atom. The maximum Gasteiger partial charge on any atom is 1.00 e. The van der Waals surface area contributed by atoms with Crippen molar-refractivity contribution in [2.75, 3.05) is 0 Å². The minimum absolute atomic E-state index is 0. The first-order valence-corrected chi connectivity index (χ1v) is 2.25. The second-order valence-corrected chi connectivity index (χ2v) is 1.56. The van der Waals surface area contributed by atoms with Crippen LogP contribution in [0.2, 0.25) is 0 Å². The van der Waals surface area contributed by atoms with Crippen molar-refractivity contribution < 1.29 is 24.0 Å². The molecule has 0 aromatic heterocycles. The van der Waals surface area contributed by atoms with Crippen LogP contribution in [-0.4, -0.2) is 0 Å². The van der Waals surface area contributed by atoms with Crippen LogP contribution in [0.15, 0.2) is 11.8 Å². The molecule has 2 heteroatoms. The zero-order chi connectivity index (χ0) is 4.41. The Balaban J connectivity index is 0.000000360. The van der Waals surface area contributed by atoms with Gasteiger partial charge >= 0.3 is 18.9 Å². The van der Waals surface area contributed by atoms with E-state index in [2.05, 4.69) is 0 Å². The van der Waals surface area contributed by atoms with Gasteiger partial charge in [0, 0.05) is 0 Å². The van der Waals surface area contributed by atoms with Crippen molar-refractivity contribution in [2.45, 2.75) is 19.3 Å². The van der Waals surface area contributed by atoms with Crippen LogP contribution < -0.4 is 24.0 Å². The van der Waals surface area contributed by atoms with E-state index >= 15 is 0 Å². The molecule has 0 unspecified atom stereocenters. The van der Waals surface area contributed by atoms with Crippen LogP contribution in [-0.2, 0) is 0 Å². The van der Waals surface area contributed by atoms with Gasteiger partial charge in [-0.25, -0.2) is 0 Å². The van der Waals surface area contributed by atoms with E-state index in [4.69, 9.17) is 0 Å². The number of hydrogen-bond acceptors (Lipinski definition) is 1. The van der Waals surface area contributed by atoms with E-state index in [0.29, 0.717) is 5.76 Å². The molecule has 1 aliphatic carbocycles. The molecule has 0 atom stereocenters. The van der Waals surface area contributed by atoms with Gasteiger partial charge in [0.25, 0.3) is 0 Å². The number of allylic oxidation sites excluding steroid dienone is 2. The zero-order valence-corrected chi connectivity index (χ0v) is 4.61. The molecule has 1 nitrogen and oxygen atoms in total. The van der Waals surface area contributed by atoms with Crippen LogP contribution in [0.5, 0.6) is 0 Å². The second kappa shape index (κ2) is 3.18. The minimum atomic E-state index is 0. The molecule has 0 saturated heterocycles. The summed E-state index contributed by atoms with van der Waals surface area (Å²) in [7, 11) is 0. The summed E-state index contributed by atoms with van der Waals surface area (Å²) >= 11 is 0. The predicted octanol–water partition coefficient (Wildman–Crippen LogP) is -2.58. The van der Waals surface area contributed by atoms with Crippen molar-refractivity contribution >= 4 is 0 Å². The zero-order valence-electron chi connectivity index (χ0n) is 4.61. The average molecular weight is 90.1 g/mol. The standard InChI is InChI=1S/C5H8O.Li/c6-5-3-1-2-4-5;/h3,6H,1-2,4H2;/q;+1/p-1. The van der Waals surface area contributed by atoms with Crippen LogP contribution in [0.4, 0.5) is 0 Å². The SMILES string of the molecule is [Li+].[O-]C1=CCCC1. The summed E-state index contributed by atoms with van der Waals surface area (Å²) in [4.78, 5) is 0. The third-order valence-electron chi connectivity index (χ3n) is 0.999. The van der Waals surface area contributed by atoms with E-state index < -0.39 is 0 Å². The fourth-order valence-corrected chi connectivity index (χ4v) is 0.641. The smallest absolute Gasteiger partial charge is 0.876 e. The maximum atomic E-state index is 10.2. The van der Waals surface area contributed by atoms with Gasteiger partial charge in [0.2, 0.25) is 0 Å². The first kappa shape index (κ1) is 7.14. The Labute approximate surface area is 55.6 Å². The van der Waals surface area contributed by atoms with Crippen molar-refractivity contribution in [3.05, 3.63) is 11.8 Å². The van der Waals surface area contributed by atoms with Crippen molar-refractivity contribution in [1.29, 1.82) is 0 Å². The number of hydrogen-bond donors (Lipinski definition) is 0. The molecule has 0 radical (unpaired) electrons. The van der Waals surface area contributed by atoms with Gasteiger partial charge in [-0.05, 0) is 19.3 Å². The van der Waals surface area contributed by atoms with E-state index in [-0.39, 0.29) is 18.9 Å². The minimum Gasteiger partial charge on any atom is -0.876 e. The summed E-state index contributed by atoms with van der Waals surface area (Å²) in [6.45, 7) is 0. The van der Waals surface area contributed by atoms with E-state index in [1.54, 1.807) is 6.08 Å². The van der Waals surface area contributed by atoms with Gasteiger partial charge < -0.3 is 5.11 Å². The Morgan fingerprint density at radius 2 is 2.29 bits per heavy atom.